The lowest BCUT2D eigenvalue weighted by molar-refractivity contribution is -0.0976. The molecule has 2 saturated heterocycles. The van der Waals surface area contributed by atoms with Crippen molar-refractivity contribution in [2.75, 3.05) is 52.4 Å². The van der Waals surface area contributed by atoms with E-state index in [1.165, 1.54) is 56.7 Å². The molecule has 160 valence electrons. The van der Waals surface area contributed by atoms with Gasteiger partial charge in [-0.2, -0.15) is 0 Å². The number of morpholine rings is 1. The number of benzene rings is 2. The predicted molar refractivity (Wildman–Crippen MR) is 121 cm³/mol. The topological polar surface area (TPSA) is 19.0 Å². The van der Waals surface area contributed by atoms with Crippen LogP contribution in [0, 0.1) is 5.92 Å². The molecule has 2 aromatic carbocycles. The smallest absolute Gasteiger partial charge is 0.0956 e. The Morgan fingerprint density at radius 1 is 0.700 bits per heavy atom. The standard InChI is InChI=1S/C26H35N3O/c1-3-7-22(8-4-1)19-28-16-13-27(14-17-28)15-18-29-20-25(23-9-5-2-6-10-23)30-26(21-29)24-11-12-24/h1-10,24-26H,11-21H2/t25-,26+/m0/s1. The van der Waals surface area contributed by atoms with E-state index >= 15 is 0 Å². The molecular weight excluding hydrogens is 370 g/mol. The quantitative estimate of drug-likeness (QED) is 0.700. The zero-order chi connectivity index (χ0) is 20.2. The first kappa shape index (κ1) is 20.2. The number of hydrogen-bond acceptors (Lipinski definition) is 4. The van der Waals surface area contributed by atoms with Crippen molar-refractivity contribution in [1.82, 2.24) is 14.7 Å². The molecule has 4 heteroatoms. The number of nitrogens with zero attached hydrogens (tertiary/aromatic N) is 3. The van der Waals surface area contributed by atoms with Gasteiger partial charge in [0.05, 0.1) is 12.2 Å². The van der Waals surface area contributed by atoms with E-state index in [2.05, 4.69) is 75.4 Å². The minimum atomic E-state index is 0.230. The Labute approximate surface area is 181 Å². The van der Waals surface area contributed by atoms with Crippen molar-refractivity contribution < 1.29 is 4.74 Å². The highest BCUT2D eigenvalue weighted by Crippen LogP contribution is 2.39. The number of rotatable bonds is 7. The van der Waals surface area contributed by atoms with E-state index in [0.717, 1.165) is 32.1 Å². The summed E-state index contributed by atoms with van der Waals surface area (Å²) in [7, 11) is 0. The molecule has 2 atom stereocenters. The first-order valence-corrected chi connectivity index (χ1v) is 11.7. The van der Waals surface area contributed by atoms with Crippen LogP contribution in [0.5, 0.6) is 0 Å². The molecule has 0 radical (unpaired) electrons. The van der Waals surface area contributed by atoms with E-state index in [1.807, 2.05) is 0 Å². The van der Waals surface area contributed by atoms with Crippen molar-refractivity contribution in [1.29, 1.82) is 0 Å². The number of ether oxygens (including phenoxy) is 1. The van der Waals surface area contributed by atoms with Crippen LogP contribution in [0.3, 0.4) is 0 Å². The third kappa shape index (κ3) is 5.30. The lowest BCUT2D eigenvalue weighted by atomic mass is 10.0. The normalized spacial score (nSPS) is 26.7. The van der Waals surface area contributed by atoms with E-state index in [0.29, 0.717) is 6.10 Å². The van der Waals surface area contributed by atoms with Crippen molar-refractivity contribution in [2.24, 2.45) is 5.92 Å². The summed E-state index contributed by atoms with van der Waals surface area (Å²) < 4.78 is 6.53. The van der Waals surface area contributed by atoms with Gasteiger partial charge in [0, 0.05) is 58.9 Å². The van der Waals surface area contributed by atoms with Gasteiger partial charge in [-0.15, -0.1) is 0 Å². The average molecular weight is 406 g/mol. The van der Waals surface area contributed by atoms with Gasteiger partial charge in [0.1, 0.15) is 0 Å². The first-order chi connectivity index (χ1) is 14.8. The van der Waals surface area contributed by atoms with Gasteiger partial charge in [-0.05, 0) is 29.9 Å². The maximum Gasteiger partial charge on any atom is 0.0956 e. The molecule has 3 fully saturated rings. The summed E-state index contributed by atoms with van der Waals surface area (Å²) >= 11 is 0. The number of hydrogen-bond donors (Lipinski definition) is 0. The van der Waals surface area contributed by atoms with Crippen LogP contribution in [0.4, 0.5) is 0 Å². The summed E-state index contributed by atoms with van der Waals surface area (Å²) in [6.07, 6.45) is 3.35. The van der Waals surface area contributed by atoms with Gasteiger partial charge in [0.25, 0.3) is 0 Å². The van der Waals surface area contributed by atoms with Crippen LogP contribution in [-0.4, -0.2) is 73.2 Å². The summed E-state index contributed by atoms with van der Waals surface area (Å²) in [6, 6.07) is 21.7. The maximum atomic E-state index is 6.53. The van der Waals surface area contributed by atoms with Crippen LogP contribution in [-0.2, 0) is 11.3 Å². The maximum absolute atomic E-state index is 6.53. The Kier molecular flexibility index (Phi) is 6.47. The second-order valence-electron chi connectivity index (χ2n) is 9.27. The Morgan fingerprint density at radius 2 is 1.33 bits per heavy atom. The Morgan fingerprint density at radius 3 is 2.03 bits per heavy atom. The summed E-state index contributed by atoms with van der Waals surface area (Å²) in [5.74, 6) is 0.792. The van der Waals surface area contributed by atoms with E-state index in [9.17, 15) is 0 Å². The molecule has 2 aliphatic heterocycles. The van der Waals surface area contributed by atoms with Crippen molar-refractivity contribution in [3.05, 3.63) is 71.8 Å². The minimum absolute atomic E-state index is 0.230. The fraction of sp³-hybridized carbons (Fsp3) is 0.538. The monoisotopic (exact) mass is 405 g/mol. The van der Waals surface area contributed by atoms with Crippen molar-refractivity contribution >= 4 is 0 Å². The molecule has 2 aromatic rings. The highest BCUT2D eigenvalue weighted by Gasteiger charge is 2.38. The van der Waals surface area contributed by atoms with Gasteiger partial charge in [0.2, 0.25) is 0 Å². The van der Waals surface area contributed by atoms with Gasteiger partial charge in [-0.1, -0.05) is 60.7 Å². The van der Waals surface area contributed by atoms with Crippen LogP contribution in [0.25, 0.3) is 0 Å². The van der Waals surface area contributed by atoms with E-state index in [4.69, 9.17) is 4.74 Å². The van der Waals surface area contributed by atoms with E-state index in [1.54, 1.807) is 0 Å². The van der Waals surface area contributed by atoms with Crippen molar-refractivity contribution in [2.45, 2.75) is 31.6 Å². The van der Waals surface area contributed by atoms with Crippen molar-refractivity contribution in [3.63, 3.8) is 0 Å². The largest absolute Gasteiger partial charge is 0.367 e. The molecule has 0 unspecified atom stereocenters. The van der Waals surface area contributed by atoms with Gasteiger partial charge in [-0.25, -0.2) is 0 Å². The summed E-state index contributed by atoms with van der Waals surface area (Å²) in [5, 5.41) is 0. The molecule has 3 aliphatic rings. The fourth-order valence-electron chi connectivity index (χ4n) is 4.92. The highest BCUT2D eigenvalue weighted by molar-refractivity contribution is 5.19. The Balaban J connectivity index is 1.10. The predicted octanol–water partition coefficient (Wildman–Crippen LogP) is 3.66. The molecule has 0 N–H and O–H groups in total. The zero-order valence-electron chi connectivity index (χ0n) is 18.0. The fourth-order valence-corrected chi connectivity index (χ4v) is 4.92. The van der Waals surface area contributed by atoms with Gasteiger partial charge in [-0.3, -0.25) is 14.7 Å². The van der Waals surface area contributed by atoms with E-state index < -0.39 is 0 Å². The van der Waals surface area contributed by atoms with Crippen LogP contribution >= 0.6 is 0 Å². The molecule has 0 aromatic heterocycles. The summed E-state index contributed by atoms with van der Waals surface area (Å²) in [5.41, 5.74) is 2.76. The second-order valence-corrected chi connectivity index (χ2v) is 9.27. The van der Waals surface area contributed by atoms with Gasteiger partial charge >= 0.3 is 0 Å². The number of piperazine rings is 1. The third-order valence-electron chi connectivity index (χ3n) is 6.97. The molecule has 1 saturated carbocycles. The summed E-state index contributed by atoms with van der Waals surface area (Å²) in [6.45, 7) is 10.3. The molecule has 5 rings (SSSR count). The molecule has 0 bridgehead atoms. The molecule has 30 heavy (non-hydrogen) atoms. The van der Waals surface area contributed by atoms with Crippen LogP contribution < -0.4 is 0 Å². The minimum Gasteiger partial charge on any atom is -0.367 e. The van der Waals surface area contributed by atoms with Gasteiger partial charge < -0.3 is 4.74 Å². The molecule has 2 heterocycles. The molecule has 0 spiro atoms. The molecule has 0 amide bonds. The molecular formula is C26H35N3O. The SMILES string of the molecule is c1ccc(CN2CCN(CCN3C[C@@H](c4ccccc4)O[C@@H](C4CC4)C3)CC2)cc1. The summed E-state index contributed by atoms with van der Waals surface area (Å²) in [4.78, 5) is 7.91. The van der Waals surface area contributed by atoms with Crippen LogP contribution in [0.15, 0.2) is 60.7 Å². The zero-order valence-corrected chi connectivity index (χ0v) is 18.0. The van der Waals surface area contributed by atoms with Crippen LogP contribution in [0.2, 0.25) is 0 Å². The molecule has 4 nitrogen and oxygen atoms in total. The Bertz CT molecular complexity index is 771. The van der Waals surface area contributed by atoms with Crippen molar-refractivity contribution in [3.8, 4) is 0 Å². The second kappa shape index (κ2) is 9.61. The lowest BCUT2D eigenvalue weighted by Gasteiger charge is -2.40. The average Bonchev–Trinajstić information content (AvgIpc) is 3.65. The lowest BCUT2D eigenvalue weighted by Crippen LogP contribution is -2.50. The van der Waals surface area contributed by atoms with Gasteiger partial charge in [0.15, 0.2) is 0 Å². The highest BCUT2D eigenvalue weighted by atomic mass is 16.5. The Hall–Kier alpha value is -1.72. The molecule has 1 aliphatic carbocycles. The first-order valence-electron chi connectivity index (χ1n) is 11.7. The van der Waals surface area contributed by atoms with Crippen LogP contribution in [0.1, 0.15) is 30.1 Å². The third-order valence-corrected chi connectivity index (χ3v) is 6.97. The van der Waals surface area contributed by atoms with E-state index in [-0.39, 0.29) is 6.10 Å².